The maximum absolute atomic E-state index is 6.68. The number of hydrogen-bond donors (Lipinski definition) is 0. The van der Waals surface area contributed by atoms with Gasteiger partial charge in [-0.15, -0.1) is 0 Å². The van der Waals surface area contributed by atoms with E-state index in [-0.39, 0.29) is 0 Å². The minimum absolute atomic E-state index is 0.597. The van der Waals surface area contributed by atoms with Crippen molar-refractivity contribution in [3.63, 3.8) is 0 Å². The summed E-state index contributed by atoms with van der Waals surface area (Å²) in [5.74, 6) is 1.84. The number of benzene rings is 8. The summed E-state index contributed by atoms with van der Waals surface area (Å²) in [6.07, 6.45) is 0. The molecule has 4 heteroatoms. The number of rotatable bonds is 5. The molecule has 10 rings (SSSR count). The molecule has 238 valence electrons. The number of nitrogens with zero attached hydrogens (tertiary/aromatic N) is 3. The molecule has 0 aliphatic carbocycles. The first-order chi connectivity index (χ1) is 25.3. The van der Waals surface area contributed by atoms with E-state index in [1.807, 2.05) is 48.5 Å². The predicted molar refractivity (Wildman–Crippen MR) is 209 cm³/mol. The second-order valence-corrected chi connectivity index (χ2v) is 12.8. The zero-order chi connectivity index (χ0) is 33.7. The van der Waals surface area contributed by atoms with Crippen molar-refractivity contribution in [3.8, 4) is 56.4 Å². The molecule has 0 amide bonds. The Morgan fingerprint density at radius 2 is 0.922 bits per heavy atom. The van der Waals surface area contributed by atoms with Crippen LogP contribution in [0.25, 0.3) is 99.9 Å². The highest BCUT2D eigenvalue weighted by Gasteiger charge is 2.20. The van der Waals surface area contributed by atoms with Crippen LogP contribution in [0.3, 0.4) is 0 Å². The van der Waals surface area contributed by atoms with Crippen LogP contribution >= 0.6 is 0 Å². The molecular weight excluding hydrogens is 623 g/mol. The third kappa shape index (κ3) is 4.96. The molecule has 2 aromatic heterocycles. The van der Waals surface area contributed by atoms with Crippen LogP contribution in [0.4, 0.5) is 0 Å². The Hall–Kier alpha value is -6.91. The second kappa shape index (κ2) is 11.9. The molecule has 0 bridgehead atoms. The van der Waals surface area contributed by atoms with Gasteiger partial charge in [0.15, 0.2) is 17.5 Å². The van der Waals surface area contributed by atoms with Crippen molar-refractivity contribution in [2.45, 2.75) is 0 Å². The summed E-state index contributed by atoms with van der Waals surface area (Å²) in [4.78, 5) is 15.5. The predicted octanol–water partition coefficient (Wildman–Crippen LogP) is 12.4. The Morgan fingerprint density at radius 3 is 1.73 bits per heavy atom. The average Bonchev–Trinajstić information content (AvgIpc) is 3.60. The fraction of sp³-hybridized carbons (Fsp3) is 0. The molecule has 0 radical (unpaired) electrons. The monoisotopic (exact) mass is 651 g/mol. The number of fused-ring (bicyclic) bond motifs is 5. The molecule has 0 atom stereocenters. The molecule has 4 nitrogen and oxygen atoms in total. The molecule has 2 heterocycles. The lowest BCUT2D eigenvalue weighted by atomic mass is 9.94. The molecular formula is C47H29N3O. The van der Waals surface area contributed by atoms with Crippen LogP contribution in [-0.2, 0) is 0 Å². The Labute approximate surface area is 294 Å². The Kier molecular flexibility index (Phi) is 6.78. The molecule has 0 aliphatic heterocycles. The van der Waals surface area contributed by atoms with Crippen molar-refractivity contribution in [1.82, 2.24) is 15.0 Å². The van der Waals surface area contributed by atoms with Gasteiger partial charge in [0.1, 0.15) is 11.2 Å². The summed E-state index contributed by atoms with van der Waals surface area (Å²) in [7, 11) is 0. The normalized spacial score (nSPS) is 11.5. The first-order valence-electron chi connectivity index (χ1n) is 17.1. The molecule has 0 aliphatic rings. The van der Waals surface area contributed by atoms with Gasteiger partial charge < -0.3 is 4.42 Å². The zero-order valence-corrected chi connectivity index (χ0v) is 27.5. The van der Waals surface area contributed by atoms with E-state index in [4.69, 9.17) is 19.4 Å². The van der Waals surface area contributed by atoms with Crippen molar-refractivity contribution in [2.75, 3.05) is 0 Å². The molecule has 0 saturated carbocycles. The Balaban J connectivity index is 1.20. The van der Waals surface area contributed by atoms with Gasteiger partial charge in [-0.2, -0.15) is 0 Å². The van der Waals surface area contributed by atoms with Crippen molar-refractivity contribution < 1.29 is 4.42 Å². The molecule has 51 heavy (non-hydrogen) atoms. The van der Waals surface area contributed by atoms with Gasteiger partial charge >= 0.3 is 0 Å². The third-order valence-corrected chi connectivity index (χ3v) is 9.74. The van der Waals surface area contributed by atoms with E-state index < -0.39 is 0 Å². The maximum atomic E-state index is 6.68. The first-order valence-corrected chi connectivity index (χ1v) is 17.1. The first kappa shape index (κ1) is 29.0. The van der Waals surface area contributed by atoms with Crippen LogP contribution < -0.4 is 0 Å². The Bertz CT molecular complexity index is 2910. The minimum atomic E-state index is 0.597. The highest BCUT2D eigenvalue weighted by atomic mass is 16.3. The minimum Gasteiger partial charge on any atom is -0.455 e. The van der Waals surface area contributed by atoms with Gasteiger partial charge in [0, 0.05) is 33.0 Å². The van der Waals surface area contributed by atoms with E-state index in [9.17, 15) is 0 Å². The van der Waals surface area contributed by atoms with E-state index in [2.05, 4.69) is 127 Å². The third-order valence-electron chi connectivity index (χ3n) is 9.74. The summed E-state index contributed by atoms with van der Waals surface area (Å²) in [6, 6.07) is 60.9. The summed E-state index contributed by atoms with van der Waals surface area (Å²) in [6.45, 7) is 0. The standard InChI is InChI=1S/C47H29N3O/c1-3-14-31(15-4-1)35-27-28-39(38-20-10-9-19-37(35)38)46-48-45(32-16-5-2-6-17-32)49-47(50-46)41-23-12-24-42-43(41)40-22-11-21-36(44(40)51-42)34-26-25-30-13-7-8-18-33(30)29-34/h1-29H. The van der Waals surface area contributed by atoms with Crippen LogP contribution in [0.1, 0.15) is 0 Å². The zero-order valence-electron chi connectivity index (χ0n) is 27.5. The number of hydrogen-bond acceptors (Lipinski definition) is 4. The molecule has 0 saturated heterocycles. The van der Waals surface area contributed by atoms with E-state index in [0.717, 1.165) is 60.5 Å². The summed E-state index contributed by atoms with van der Waals surface area (Å²) < 4.78 is 6.68. The SMILES string of the molecule is c1ccc(-c2nc(-c3ccc(-c4ccccc4)c4ccccc34)nc(-c3cccc4oc5c(-c6ccc7ccccc7c6)cccc5c34)n2)cc1. The van der Waals surface area contributed by atoms with Crippen LogP contribution in [0, 0.1) is 0 Å². The van der Waals surface area contributed by atoms with Crippen LogP contribution in [0.2, 0.25) is 0 Å². The van der Waals surface area contributed by atoms with Crippen molar-refractivity contribution >= 4 is 43.5 Å². The summed E-state index contributed by atoms with van der Waals surface area (Å²) >= 11 is 0. The van der Waals surface area contributed by atoms with Crippen LogP contribution in [0.15, 0.2) is 180 Å². The maximum Gasteiger partial charge on any atom is 0.164 e. The van der Waals surface area contributed by atoms with Gasteiger partial charge in [-0.1, -0.05) is 158 Å². The lowest BCUT2D eigenvalue weighted by molar-refractivity contribution is 0.670. The van der Waals surface area contributed by atoms with Crippen molar-refractivity contribution in [3.05, 3.63) is 176 Å². The molecule has 0 spiro atoms. The highest BCUT2D eigenvalue weighted by Crippen LogP contribution is 2.41. The summed E-state index contributed by atoms with van der Waals surface area (Å²) in [5, 5.41) is 6.64. The van der Waals surface area contributed by atoms with E-state index >= 15 is 0 Å². The van der Waals surface area contributed by atoms with Crippen LogP contribution in [-0.4, -0.2) is 15.0 Å². The van der Waals surface area contributed by atoms with Crippen LogP contribution in [0.5, 0.6) is 0 Å². The summed E-state index contributed by atoms with van der Waals surface area (Å²) in [5.41, 5.74) is 8.91. The van der Waals surface area contributed by atoms with Gasteiger partial charge in [0.2, 0.25) is 0 Å². The lowest BCUT2D eigenvalue weighted by Crippen LogP contribution is -2.01. The van der Waals surface area contributed by atoms with E-state index in [0.29, 0.717) is 17.5 Å². The molecule has 8 aromatic carbocycles. The largest absolute Gasteiger partial charge is 0.455 e. The van der Waals surface area contributed by atoms with Gasteiger partial charge in [-0.05, 0) is 56.4 Å². The highest BCUT2D eigenvalue weighted by molar-refractivity contribution is 6.15. The Morgan fingerprint density at radius 1 is 0.333 bits per heavy atom. The van der Waals surface area contributed by atoms with E-state index in [1.165, 1.54) is 21.9 Å². The van der Waals surface area contributed by atoms with Gasteiger partial charge in [0.05, 0.1) is 0 Å². The number of para-hydroxylation sites is 1. The average molecular weight is 652 g/mol. The second-order valence-electron chi connectivity index (χ2n) is 12.8. The topological polar surface area (TPSA) is 51.8 Å². The van der Waals surface area contributed by atoms with Crippen molar-refractivity contribution in [1.29, 1.82) is 0 Å². The molecule has 0 unspecified atom stereocenters. The number of aromatic nitrogens is 3. The quantitative estimate of drug-likeness (QED) is 0.186. The number of furan rings is 1. The molecule has 0 fully saturated rings. The fourth-order valence-corrected chi connectivity index (χ4v) is 7.31. The molecule has 10 aromatic rings. The molecule has 0 N–H and O–H groups in total. The smallest absolute Gasteiger partial charge is 0.164 e. The van der Waals surface area contributed by atoms with Crippen molar-refractivity contribution in [2.24, 2.45) is 0 Å². The fourth-order valence-electron chi connectivity index (χ4n) is 7.31. The van der Waals surface area contributed by atoms with Gasteiger partial charge in [-0.25, -0.2) is 15.0 Å². The van der Waals surface area contributed by atoms with Gasteiger partial charge in [0.25, 0.3) is 0 Å². The lowest BCUT2D eigenvalue weighted by Gasteiger charge is -2.13. The van der Waals surface area contributed by atoms with E-state index in [1.54, 1.807) is 0 Å². The van der Waals surface area contributed by atoms with Gasteiger partial charge in [-0.3, -0.25) is 0 Å².